The maximum absolute atomic E-state index is 7.33. The van der Waals surface area contributed by atoms with Crippen molar-refractivity contribution in [3.05, 3.63) is 71.8 Å². The SMILES string of the molecule is N=[C]N(Cc1ccccc1)Cc1ccccc1. The Bertz CT molecular complexity index is 409. The van der Waals surface area contributed by atoms with E-state index in [0.717, 1.165) is 13.1 Å². The third kappa shape index (κ3) is 3.45. The number of hydrogen-bond donors (Lipinski definition) is 1. The first kappa shape index (κ1) is 11.4. The van der Waals surface area contributed by atoms with Gasteiger partial charge in [0.1, 0.15) is 0 Å². The summed E-state index contributed by atoms with van der Waals surface area (Å²) in [7, 11) is 0. The highest BCUT2D eigenvalue weighted by Gasteiger charge is 2.02. The van der Waals surface area contributed by atoms with Crippen LogP contribution in [0.3, 0.4) is 0 Å². The smallest absolute Gasteiger partial charge is 0.164 e. The Labute approximate surface area is 102 Å². The molecule has 0 bridgehead atoms. The second-order valence-corrected chi connectivity index (χ2v) is 3.94. The maximum atomic E-state index is 7.33. The Morgan fingerprint density at radius 1 is 0.765 bits per heavy atom. The zero-order valence-electron chi connectivity index (χ0n) is 9.63. The van der Waals surface area contributed by atoms with Crippen LogP contribution in [0.1, 0.15) is 11.1 Å². The van der Waals surface area contributed by atoms with Crippen molar-refractivity contribution >= 4 is 6.34 Å². The predicted octanol–water partition coefficient (Wildman–Crippen LogP) is 3.17. The lowest BCUT2D eigenvalue weighted by Crippen LogP contribution is -2.20. The minimum atomic E-state index is 0.721. The largest absolute Gasteiger partial charge is 0.345 e. The third-order valence-corrected chi connectivity index (χ3v) is 2.59. The standard InChI is InChI=1S/C15H15N2/c16-13-17(11-14-7-3-1-4-8-14)12-15-9-5-2-6-10-15/h1-10,16H,11-12H2. The minimum Gasteiger partial charge on any atom is -0.345 e. The average molecular weight is 223 g/mol. The first-order valence-electron chi connectivity index (χ1n) is 5.63. The highest BCUT2D eigenvalue weighted by Crippen LogP contribution is 2.07. The molecule has 2 aromatic rings. The molecule has 0 heterocycles. The molecule has 2 nitrogen and oxygen atoms in total. The minimum absolute atomic E-state index is 0.721. The number of nitrogens with zero attached hydrogens (tertiary/aromatic N) is 1. The Kier molecular flexibility index (Phi) is 3.92. The first-order valence-corrected chi connectivity index (χ1v) is 5.63. The number of hydrogen-bond acceptors (Lipinski definition) is 1. The topological polar surface area (TPSA) is 27.1 Å². The molecule has 0 aliphatic heterocycles. The molecule has 0 aliphatic rings. The van der Waals surface area contributed by atoms with Crippen molar-refractivity contribution < 1.29 is 0 Å². The highest BCUT2D eigenvalue weighted by atomic mass is 15.1. The van der Waals surface area contributed by atoms with Crippen LogP contribution in [0, 0.1) is 5.41 Å². The molecule has 0 saturated carbocycles. The summed E-state index contributed by atoms with van der Waals surface area (Å²) in [4.78, 5) is 1.87. The Morgan fingerprint density at radius 3 is 1.53 bits per heavy atom. The van der Waals surface area contributed by atoms with E-state index >= 15 is 0 Å². The van der Waals surface area contributed by atoms with Crippen molar-refractivity contribution in [3.63, 3.8) is 0 Å². The van der Waals surface area contributed by atoms with E-state index in [1.807, 2.05) is 41.3 Å². The maximum Gasteiger partial charge on any atom is 0.164 e. The molecule has 2 heteroatoms. The van der Waals surface area contributed by atoms with Crippen LogP contribution in [0.5, 0.6) is 0 Å². The molecule has 0 fully saturated rings. The molecule has 2 rings (SSSR count). The molecular formula is C15H15N2. The van der Waals surface area contributed by atoms with Gasteiger partial charge in [-0.2, -0.15) is 0 Å². The third-order valence-electron chi connectivity index (χ3n) is 2.59. The molecule has 0 spiro atoms. The summed E-state index contributed by atoms with van der Waals surface area (Å²) in [6, 6.07) is 20.3. The fraction of sp³-hybridized carbons (Fsp3) is 0.133. The van der Waals surface area contributed by atoms with Crippen LogP contribution >= 0.6 is 0 Å². The van der Waals surface area contributed by atoms with Crippen molar-refractivity contribution in [1.82, 2.24) is 4.90 Å². The van der Waals surface area contributed by atoms with Crippen LogP contribution in [0.2, 0.25) is 0 Å². The van der Waals surface area contributed by atoms with Crippen molar-refractivity contribution in [2.24, 2.45) is 0 Å². The number of nitrogens with one attached hydrogen (secondary N) is 1. The van der Waals surface area contributed by atoms with Gasteiger partial charge in [0, 0.05) is 13.1 Å². The molecule has 0 saturated heterocycles. The number of rotatable bonds is 5. The highest BCUT2D eigenvalue weighted by molar-refractivity contribution is 5.51. The van der Waals surface area contributed by atoms with E-state index in [1.165, 1.54) is 11.1 Å². The van der Waals surface area contributed by atoms with Crippen molar-refractivity contribution in [2.45, 2.75) is 13.1 Å². The van der Waals surface area contributed by atoms with E-state index < -0.39 is 0 Å². The summed E-state index contributed by atoms with van der Waals surface area (Å²) in [5, 5.41) is 7.33. The van der Waals surface area contributed by atoms with E-state index in [0.29, 0.717) is 0 Å². The summed E-state index contributed by atoms with van der Waals surface area (Å²) >= 11 is 0. The fourth-order valence-electron chi connectivity index (χ4n) is 1.74. The van der Waals surface area contributed by atoms with Crippen LogP contribution < -0.4 is 0 Å². The van der Waals surface area contributed by atoms with Crippen molar-refractivity contribution in [3.8, 4) is 0 Å². The Morgan fingerprint density at radius 2 is 1.18 bits per heavy atom. The van der Waals surface area contributed by atoms with Crippen LogP contribution in [-0.4, -0.2) is 11.2 Å². The lowest BCUT2D eigenvalue weighted by Gasteiger charge is -2.18. The van der Waals surface area contributed by atoms with Gasteiger partial charge >= 0.3 is 0 Å². The van der Waals surface area contributed by atoms with Gasteiger partial charge in [-0.05, 0) is 11.1 Å². The van der Waals surface area contributed by atoms with E-state index in [1.54, 1.807) is 0 Å². The van der Waals surface area contributed by atoms with Crippen LogP contribution in [0.25, 0.3) is 0 Å². The summed E-state index contributed by atoms with van der Waals surface area (Å²) in [6.07, 6.45) is 2.48. The van der Waals surface area contributed by atoms with Gasteiger partial charge in [-0.3, -0.25) is 5.41 Å². The molecule has 17 heavy (non-hydrogen) atoms. The van der Waals surface area contributed by atoms with Gasteiger partial charge in [0.25, 0.3) is 0 Å². The molecule has 0 unspecified atom stereocenters. The van der Waals surface area contributed by atoms with E-state index in [9.17, 15) is 0 Å². The summed E-state index contributed by atoms with van der Waals surface area (Å²) < 4.78 is 0. The second kappa shape index (κ2) is 5.85. The van der Waals surface area contributed by atoms with Crippen LogP contribution in [0.15, 0.2) is 60.7 Å². The molecule has 1 radical (unpaired) electrons. The van der Waals surface area contributed by atoms with Crippen molar-refractivity contribution in [2.75, 3.05) is 0 Å². The zero-order valence-corrected chi connectivity index (χ0v) is 9.63. The Balaban J connectivity index is 2.01. The molecule has 0 aliphatic carbocycles. The fourth-order valence-corrected chi connectivity index (χ4v) is 1.74. The van der Waals surface area contributed by atoms with Gasteiger partial charge in [0.2, 0.25) is 0 Å². The monoisotopic (exact) mass is 223 g/mol. The van der Waals surface area contributed by atoms with E-state index in [4.69, 9.17) is 5.41 Å². The molecule has 0 aromatic heterocycles. The van der Waals surface area contributed by atoms with E-state index in [-0.39, 0.29) is 0 Å². The zero-order chi connectivity index (χ0) is 11.9. The van der Waals surface area contributed by atoms with Gasteiger partial charge in [-0.15, -0.1) is 0 Å². The lowest BCUT2D eigenvalue weighted by atomic mass is 10.2. The van der Waals surface area contributed by atoms with Gasteiger partial charge in [0.15, 0.2) is 6.34 Å². The number of benzene rings is 2. The summed E-state index contributed by atoms with van der Waals surface area (Å²) in [5.41, 5.74) is 2.39. The van der Waals surface area contributed by atoms with Crippen LogP contribution in [0.4, 0.5) is 0 Å². The Hall–Kier alpha value is -2.09. The van der Waals surface area contributed by atoms with Crippen molar-refractivity contribution in [1.29, 1.82) is 5.41 Å². The second-order valence-electron chi connectivity index (χ2n) is 3.94. The first-order chi connectivity index (χ1) is 8.38. The predicted molar refractivity (Wildman–Crippen MR) is 69.9 cm³/mol. The van der Waals surface area contributed by atoms with Gasteiger partial charge in [0.05, 0.1) is 0 Å². The molecule has 1 N–H and O–H groups in total. The van der Waals surface area contributed by atoms with Gasteiger partial charge < -0.3 is 4.90 Å². The molecule has 0 atom stereocenters. The summed E-state index contributed by atoms with van der Waals surface area (Å²) in [5.74, 6) is 0. The van der Waals surface area contributed by atoms with Gasteiger partial charge in [-0.25, -0.2) is 0 Å². The molecular weight excluding hydrogens is 208 g/mol. The van der Waals surface area contributed by atoms with Gasteiger partial charge in [-0.1, -0.05) is 60.7 Å². The summed E-state index contributed by atoms with van der Waals surface area (Å²) in [6.45, 7) is 1.44. The quantitative estimate of drug-likeness (QED) is 0.470. The lowest BCUT2D eigenvalue weighted by molar-refractivity contribution is 0.417. The molecule has 0 amide bonds. The molecule has 2 aromatic carbocycles. The normalized spacial score (nSPS) is 9.88. The van der Waals surface area contributed by atoms with Crippen LogP contribution in [-0.2, 0) is 13.1 Å². The van der Waals surface area contributed by atoms with E-state index in [2.05, 4.69) is 30.6 Å². The average Bonchev–Trinajstić information content (AvgIpc) is 2.40. The molecule has 85 valence electrons.